The largest absolute Gasteiger partial charge is 0.480 e. The first kappa shape index (κ1) is 11.5. The topological polar surface area (TPSA) is 75.3 Å². The lowest BCUT2D eigenvalue weighted by Crippen LogP contribution is -2.37. The Hall–Kier alpha value is -0.610. The highest BCUT2D eigenvalue weighted by Crippen LogP contribution is 2.17. The van der Waals surface area contributed by atoms with Gasteiger partial charge in [-0.2, -0.15) is 0 Å². The molecule has 1 atom stereocenters. The van der Waals surface area contributed by atoms with Gasteiger partial charge in [-0.3, -0.25) is 4.79 Å². The highest BCUT2D eigenvalue weighted by molar-refractivity contribution is 5.72. The van der Waals surface area contributed by atoms with Crippen molar-refractivity contribution in [3.8, 4) is 0 Å². The standard InChI is InChI=1S/C10H20N2O2/c11-9(10(13)14)6-7-12-8-4-2-1-3-5-8/h8-9,12H,1-7,11H2,(H,13,14). The molecular weight excluding hydrogens is 180 g/mol. The average molecular weight is 200 g/mol. The third-order valence-electron chi connectivity index (χ3n) is 2.81. The number of aliphatic carboxylic acids is 1. The Bertz CT molecular complexity index is 179. The third-order valence-corrected chi connectivity index (χ3v) is 2.81. The van der Waals surface area contributed by atoms with Crippen molar-refractivity contribution in [1.29, 1.82) is 0 Å². The summed E-state index contributed by atoms with van der Waals surface area (Å²) in [6.07, 6.45) is 6.90. The number of carboxylic acid groups (broad SMARTS) is 1. The molecule has 1 aliphatic rings. The summed E-state index contributed by atoms with van der Waals surface area (Å²) >= 11 is 0. The van der Waals surface area contributed by atoms with Gasteiger partial charge in [0.1, 0.15) is 6.04 Å². The molecule has 4 nitrogen and oxygen atoms in total. The van der Waals surface area contributed by atoms with Gasteiger partial charge in [0.05, 0.1) is 0 Å². The van der Waals surface area contributed by atoms with E-state index >= 15 is 0 Å². The monoisotopic (exact) mass is 200 g/mol. The van der Waals surface area contributed by atoms with Gasteiger partial charge in [0.25, 0.3) is 0 Å². The maximum absolute atomic E-state index is 10.4. The van der Waals surface area contributed by atoms with Crippen molar-refractivity contribution in [2.45, 2.75) is 50.6 Å². The Morgan fingerprint density at radius 3 is 2.64 bits per heavy atom. The molecule has 0 bridgehead atoms. The first-order chi connectivity index (χ1) is 6.70. The van der Waals surface area contributed by atoms with E-state index in [0.29, 0.717) is 12.5 Å². The molecule has 0 saturated heterocycles. The molecule has 0 radical (unpaired) electrons. The smallest absolute Gasteiger partial charge is 0.320 e. The maximum atomic E-state index is 10.4. The van der Waals surface area contributed by atoms with Crippen LogP contribution < -0.4 is 11.1 Å². The van der Waals surface area contributed by atoms with Crippen molar-refractivity contribution in [3.63, 3.8) is 0 Å². The third kappa shape index (κ3) is 4.07. The van der Waals surface area contributed by atoms with Crippen LogP contribution in [0.1, 0.15) is 38.5 Å². The Labute approximate surface area is 84.9 Å². The second kappa shape index (κ2) is 5.98. The number of nitrogens with one attached hydrogen (secondary N) is 1. The Balaban J connectivity index is 2.05. The van der Waals surface area contributed by atoms with E-state index in [9.17, 15) is 4.79 Å². The summed E-state index contributed by atoms with van der Waals surface area (Å²) < 4.78 is 0. The lowest BCUT2D eigenvalue weighted by Gasteiger charge is -2.23. The van der Waals surface area contributed by atoms with Gasteiger partial charge in [-0.1, -0.05) is 19.3 Å². The van der Waals surface area contributed by atoms with Crippen LogP contribution in [0.4, 0.5) is 0 Å². The molecule has 0 spiro atoms. The van der Waals surface area contributed by atoms with Crippen molar-refractivity contribution in [2.24, 2.45) is 5.73 Å². The molecule has 1 saturated carbocycles. The number of hydrogen-bond acceptors (Lipinski definition) is 3. The van der Waals surface area contributed by atoms with Crippen LogP contribution >= 0.6 is 0 Å². The van der Waals surface area contributed by atoms with Crippen LogP contribution in [-0.4, -0.2) is 29.7 Å². The van der Waals surface area contributed by atoms with Gasteiger partial charge in [0.15, 0.2) is 0 Å². The van der Waals surface area contributed by atoms with E-state index in [2.05, 4.69) is 5.32 Å². The fourth-order valence-electron chi connectivity index (χ4n) is 1.87. The molecule has 1 aliphatic carbocycles. The van der Waals surface area contributed by atoms with E-state index in [4.69, 9.17) is 10.8 Å². The second-order valence-electron chi connectivity index (χ2n) is 4.02. The van der Waals surface area contributed by atoms with Crippen molar-refractivity contribution >= 4 is 5.97 Å². The van der Waals surface area contributed by atoms with E-state index in [1.165, 1.54) is 32.1 Å². The Morgan fingerprint density at radius 2 is 2.07 bits per heavy atom. The molecule has 1 rings (SSSR count). The van der Waals surface area contributed by atoms with Gasteiger partial charge in [0, 0.05) is 6.04 Å². The number of carbonyl (C=O) groups is 1. The highest BCUT2D eigenvalue weighted by Gasteiger charge is 2.14. The molecule has 0 aliphatic heterocycles. The van der Waals surface area contributed by atoms with E-state index < -0.39 is 12.0 Å². The van der Waals surface area contributed by atoms with Crippen LogP contribution in [0, 0.1) is 0 Å². The molecule has 14 heavy (non-hydrogen) atoms. The summed E-state index contributed by atoms with van der Waals surface area (Å²) in [5, 5.41) is 11.9. The first-order valence-electron chi connectivity index (χ1n) is 5.42. The summed E-state index contributed by atoms with van der Waals surface area (Å²) in [7, 11) is 0. The predicted octanol–water partition coefficient (Wildman–Crippen LogP) is 0.711. The summed E-state index contributed by atoms with van der Waals surface area (Å²) in [5.74, 6) is -0.907. The van der Waals surface area contributed by atoms with Crippen LogP contribution in [0.25, 0.3) is 0 Å². The molecule has 0 amide bonds. The molecule has 0 aromatic carbocycles. The molecule has 4 heteroatoms. The van der Waals surface area contributed by atoms with Crippen LogP contribution in [0.5, 0.6) is 0 Å². The molecule has 1 fully saturated rings. The molecule has 4 N–H and O–H groups in total. The quantitative estimate of drug-likeness (QED) is 0.611. The minimum absolute atomic E-state index is 0.520. The van der Waals surface area contributed by atoms with Gasteiger partial charge in [-0.25, -0.2) is 0 Å². The van der Waals surface area contributed by atoms with Gasteiger partial charge >= 0.3 is 5.97 Å². The fraction of sp³-hybridized carbons (Fsp3) is 0.900. The van der Waals surface area contributed by atoms with Crippen LogP contribution in [0.2, 0.25) is 0 Å². The summed E-state index contributed by atoms with van der Waals surface area (Å²) in [5.41, 5.74) is 5.39. The highest BCUT2D eigenvalue weighted by atomic mass is 16.4. The zero-order valence-electron chi connectivity index (χ0n) is 8.54. The van der Waals surface area contributed by atoms with E-state index in [1.807, 2.05) is 0 Å². The number of rotatable bonds is 5. The second-order valence-corrected chi connectivity index (χ2v) is 4.02. The molecular formula is C10H20N2O2. The summed E-state index contributed by atoms with van der Waals surface area (Å²) in [6, 6.07) is -0.129. The lowest BCUT2D eigenvalue weighted by molar-refractivity contribution is -0.138. The molecule has 82 valence electrons. The van der Waals surface area contributed by atoms with Crippen LogP contribution in [0.3, 0.4) is 0 Å². The first-order valence-corrected chi connectivity index (χ1v) is 5.42. The maximum Gasteiger partial charge on any atom is 0.320 e. The van der Waals surface area contributed by atoms with E-state index in [1.54, 1.807) is 0 Å². The summed E-state index contributed by atoms with van der Waals surface area (Å²) in [6.45, 7) is 0.720. The Morgan fingerprint density at radius 1 is 1.43 bits per heavy atom. The molecule has 1 unspecified atom stereocenters. The minimum atomic E-state index is -0.907. The van der Waals surface area contributed by atoms with Gasteiger partial charge in [0.2, 0.25) is 0 Å². The number of carboxylic acids is 1. The van der Waals surface area contributed by atoms with E-state index in [0.717, 1.165) is 6.54 Å². The zero-order chi connectivity index (χ0) is 10.4. The SMILES string of the molecule is NC(CCNC1CCCCC1)C(=O)O. The van der Waals surface area contributed by atoms with Crippen molar-refractivity contribution in [3.05, 3.63) is 0 Å². The van der Waals surface area contributed by atoms with Crippen molar-refractivity contribution < 1.29 is 9.90 Å². The van der Waals surface area contributed by atoms with Crippen LogP contribution in [-0.2, 0) is 4.79 Å². The van der Waals surface area contributed by atoms with Crippen molar-refractivity contribution in [2.75, 3.05) is 6.54 Å². The molecule has 0 aromatic heterocycles. The molecule has 0 heterocycles. The zero-order valence-corrected chi connectivity index (χ0v) is 8.54. The predicted molar refractivity (Wildman–Crippen MR) is 55.1 cm³/mol. The van der Waals surface area contributed by atoms with E-state index in [-0.39, 0.29) is 0 Å². The number of nitrogens with two attached hydrogens (primary N) is 1. The van der Waals surface area contributed by atoms with Crippen LogP contribution in [0.15, 0.2) is 0 Å². The van der Waals surface area contributed by atoms with Gasteiger partial charge < -0.3 is 16.2 Å². The Kier molecular flexibility index (Phi) is 4.90. The molecule has 0 aromatic rings. The van der Waals surface area contributed by atoms with Crippen molar-refractivity contribution in [1.82, 2.24) is 5.32 Å². The minimum Gasteiger partial charge on any atom is -0.480 e. The average Bonchev–Trinajstić information content (AvgIpc) is 2.19. The fourth-order valence-corrected chi connectivity index (χ4v) is 1.87. The summed E-state index contributed by atoms with van der Waals surface area (Å²) in [4.78, 5) is 10.4. The normalized spacial score (nSPS) is 20.6. The number of hydrogen-bond donors (Lipinski definition) is 3. The lowest BCUT2D eigenvalue weighted by atomic mass is 9.95. The van der Waals surface area contributed by atoms with Gasteiger partial charge in [-0.15, -0.1) is 0 Å². The van der Waals surface area contributed by atoms with Gasteiger partial charge in [-0.05, 0) is 25.8 Å².